The fourth-order valence-electron chi connectivity index (χ4n) is 2.81. The van der Waals surface area contributed by atoms with Gasteiger partial charge in [0.15, 0.2) is 11.6 Å². The number of aryl methyl sites for hydroxylation is 1. The number of anilines is 1. The molecule has 0 radical (unpaired) electrons. The molecule has 0 saturated carbocycles. The second-order valence-corrected chi connectivity index (χ2v) is 5.49. The molecule has 3 rings (SSSR count). The highest BCUT2D eigenvalue weighted by atomic mass is 16.1. The lowest BCUT2D eigenvalue weighted by Crippen LogP contribution is -2.22. The van der Waals surface area contributed by atoms with Gasteiger partial charge in [-0.1, -0.05) is 24.3 Å². The van der Waals surface area contributed by atoms with E-state index in [9.17, 15) is 9.59 Å². The summed E-state index contributed by atoms with van der Waals surface area (Å²) >= 11 is 0. The van der Waals surface area contributed by atoms with Crippen LogP contribution in [-0.4, -0.2) is 21.5 Å². The molecule has 0 bridgehead atoms. The molecule has 1 atom stereocenters. The number of carbonyl (C=O) groups is 2. The molecule has 22 heavy (non-hydrogen) atoms. The van der Waals surface area contributed by atoms with Crippen molar-refractivity contribution in [1.29, 1.82) is 0 Å². The van der Waals surface area contributed by atoms with Gasteiger partial charge in [-0.05, 0) is 25.8 Å². The average molecular weight is 295 g/mol. The van der Waals surface area contributed by atoms with Crippen LogP contribution in [0.15, 0.2) is 30.5 Å². The number of aromatic nitrogens is 2. The minimum Gasteiger partial charge on any atom is -0.347 e. The van der Waals surface area contributed by atoms with Crippen LogP contribution in [0.3, 0.4) is 0 Å². The smallest absolute Gasteiger partial charge is 0.223 e. The molecule has 0 fully saturated rings. The Hall–Kier alpha value is -2.56. The molecule has 5 heteroatoms. The molecule has 5 nitrogen and oxygen atoms in total. The summed E-state index contributed by atoms with van der Waals surface area (Å²) < 4.78 is 0. The maximum Gasteiger partial charge on any atom is 0.223 e. The van der Waals surface area contributed by atoms with Crippen LogP contribution in [0.25, 0.3) is 0 Å². The molecule has 1 heterocycles. The van der Waals surface area contributed by atoms with Gasteiger partial charge in [0.05, 0.1) is 17.3 Å². The number of nitrogens with one attached hydrogen (secondary N) is 1. The van der Waals surface area contributed by atoms with Gasteiger partial charge in [-0.3, -0.25) is 9.59 Å². The van der Waals surface area contributed by atoms with Crippen LogP contribution in [0.5, 0.6) is 0 Å². The fraction of sp³-hybridized carbons (Fsp3) is 0.294. The van der Waals surface area contributed by atoms with Crippen molar-refractivity contribution in [2.75, 3.05) is 5.32 Å². The molecule has 0 aliphatic heterocycles. The van der Waals surface area contributed by atoms with E-state index in [1.165, 1.54) is 6.92 Å². The fourth-order valence-corrected chi connectivity index (χ4v) is 2.81. The molecule has 1 aliphatic carbocycles. The van der Waals surface area contributed by atoms with Crippen LogP contribution in [0.1, 0.15) is 57.8 Å². The van der Waals surface area contributed by atoms with E-state index in [1.807, 2.05) is 24.3 Å². The van der Waals surface area contributed by atoms with Crippen LogP contribution >= 0.6 is 0 Å². The van der Waals surface area contributed by atoms with Crippen LogP contribution in [0.2, 0.25) is 0 Å². The SMILES string of the molecule is CC(=O)c1cnc(N[C@H]2CCC(=O)c3ccccc32)nc1C. The van der Waals surface area contributed by atoms with Crippen molar-refractivity contribution < 1.29 is 9.59 Å². The Morgan fingerprint density at radius 1 is 1.32 bits per heavy atom. The molecular formula is C17H17N3O2. The number of benzene rings is 1. The third-order valence-corrected chi connectivity index (χ3v) is 3.96. The minimum absolute atomic E-state index is 0.0106. The molecule has 0 amide bonds. The van der Waals surface area contributed by atoms with Crippen molar-refractivity contribution >= 4 is 17.5 Å². The molecule has 0 unspecified atom stereocenters. The van der Waals surface area contributed by atoms with Gasteiger partial charge in [0, 0.05) is 18.2 Å². The summed E-state index contributed by atoms with van der Waals surface area (Å²) in [5, 5.41) is 3.28. The second-order valence-electron chi connectivity index (χ2n) is 5.49. The topological polar surface area (TPSA) is 72.0 Å². The van der Waals surface area contributed by atoms with E-state index in [1.54, 1.807) is 13.1 Å². The maximum absolute atomic E-state index is 12.0. The van der Waals surface area contributed by atoms with Gasteiger partial charge < -0.3 is 5.32 Å². The standard InChI is InChI=1S/C17H17N3O2/c1-10-14(11(2)21)9-18-17(19-10)20-15-7-8-16(22)13-6-4-3-5-12(13)15/h3-6,9,15H,7-8H2,1-2H3,(H,18,19,20)/t15-/m0/s1. The first-order valence-electron chi connectivity index (χ1n) is 7.29. The van der Waals surface area contributed by atoms with E-state index in [0.29, 0.717) is 30.0 Å². The lowest BCUT2D eigenvalue weighted by molar-refractivity contribution is 0.0967. The quantitative estimate of drug-likeness (QED) is 0.881. The Labute approximate surface area is 128 Å². The molecule has 2 aromatic rings. The summed E-state index contributed by atoms with van der Waals surface area (Å²) in [6, 6.07) is 7.63. The third kappa shape index (κ3) is 2.62. The van der Waals surface area contributed by atoms with Crippen molar-refractivity contribution in [3.8, 4) is 0 Å². The Morgan fingerprint density at radius 3 is 2.82 bits per heavy atom. The van der Waals surface area contributed by atoms with Crippen molar-refractivity contribution in [2.24, 2.45) is 0 Å². The number of rotatable bonds is 3. The number of hydrogen-bond donors (Lipinski definition) is 1. The van der Waals surface area contributed by atoms with Crippen molar-refractivity contribution in [2.45, 2.75) is 32.7 Å². The first kappa shape index (κ1) is 14.4. The predicted octanol–water partition coefficient (Wildman–Crippen LogP) is 3.12. The normalized spacial score (nSPS) is 17.0. The Kier molecular flexibility index (Phi) is 3.71. The van der Waals surface area contributed by atoms with Gasteiger partial charge >= 0.3 is 0 Å². The van der Waals surface area contributed by atoms with Gasteiger partial charge in [0.2, 0.25) is 5.95 Å². The van der Waals surface area contributed by atoms with Crippen LogP contribution in [-0.2, 0) is 0 Å². The molecule has 0 spiro atoms. The summed E-state index contributed by atoms with van der Waals surface area (Å²) in [5.74, 6) is 0.618. The van der Waals surface area contributed by atoms with E-state index >= 15 is 0 Å². The van der Waals surface area contributed by atoms with Crippen LogP contribution in [0.4, 0.5) is 5.95 Å². The molecule has 112 valence electrons. The Morgan fingerprint density at radius 2 is 2.09 bits per heavy atom. The molecule has 1 N–H and O–H groups in total. The van der Waals surface area contributed by atoms with Gasteiger partial charge in [-0.15, -0.1) is 0 Å². The number of hydrogen-bond acceptors (Lipinski definition) is 5. The third-order valence-electron chi connectivity index (χ3n) is 3.96. The molecule has 1 aliphatic rings. The molecule has 0 saturated heterocycles. The largest absolute Gasteiger partial charge is 0.347 e. The predicted molar refractivity (Wildman–Crippen MR) is 83.1 cm³/mol. The summed E-state index contributed by atoms with van der Waals surface area (Å²) in [7, 11) is 0. The zero-order chi connectivity index (χ0) is 15.7. The second kappa shape index (κ2) is 5.67. The first-order chi connectivity index (χ1) is 10.6. The van der Waals surface area contributed by atoms with E-state index in [2.05, 4.69) is 15.3 Å². The first-order valence-corrected chi connectivity index (χ1v) is 7.29. The van der Waals surface area contributed by atoms with E-state index in [4.69, 9.17) is 0 Å². The van der Waals surface area contributed by atoms with Gasteiger partial charge in [-0.2, -0.15) is 0 Å². The molecular weight excluding hydrogens is 278 g/mol. The number of fused-ring (bicyclic) bond motifs is 1. The summed E-state index contributed by atoms with van der Waals surface area (Å²) in [5.41, 5.74) is 2.94. The van der Waals surface area contributed by atoms with Gasteiger partial charge in [0.1, 0.15) is 0 Å². The lowest BCUT2D eigenvalue weighted by atomic mass is 9.87. The van der Waals surface area contributed by atoms with Gasteiger partial charge in [-0.25, -0.2) is 9.97 Å². The number of Topliss-reactive ketones (excluding diaryl/α,β-unsaturated/α-hetero) is 2. The lowest BCUT2D eigenvalue weighted by Gasteiger charge is -2.25. The van der Waals surface area contributed by atoms with Crippen molar-refractivity contribution in [3.63, 3.8) is 0 Å². The molecule has 1 aromatic heterocycles. The van der Waals surface area contributed by atoms with Crippen LogP contribution < -0.4 is 5.32 Å². The number of ketones is 2. The Balaban J connectivity index is 1.88. The highest BCUT2D eigenvalue weighted by molar-refractivity contribution is 5.99. The van der Waals surface area contributed by atoms with Gasteiger partial charge in [0.25, 0.3) is 0 Å². The number of nitrogens with zero attached hydrogens (tertiary/aromatic N) is 2. The highest BCUT2D eigenvalue weighted by Crippen LogP contribution is 2.31. The highest BCUT2D eigenvalue weighted by Gasteiger charge is 2.25. The maximum atomic E-state index is 12.0. The monoisotopic (exact) mass is 295 g/mol. The zero-order valence-electron chi connectivity index (χ0n) is 12.6. The van der Waals surface area contributed by atoms with E-state index < -0.39 is 0 Å². The van der Waals surface area contributed by atoms with E-state index in [-0.39, 0.29) is 17.6 Å². The zero-order valence-corrected chi connectivity index (χ0v) is 12.6. The van der Waals surface area contributed by atoms with Crippen molar-refractivity contribution in [3.05, 3.63) is 52.8 Å². The molecule has 1 aromatic carbocycles. The number of carbonyl (C=O) groups excluding carboxylic acids is 2. The minimum atomic E-state index is -0.0438. The average Bonchev–Trinajstić information content (AvgIpc) is 2.50. The summed E-state index contributed by atoms with van der Waals surface area (Å²) in [6.07, 6.45) is 2.78. The van der Waals surface area contributed by atoms with E-state index in [0.717, 1.165) is 11.1 Å². The Bertz CT molecular complexity index is 755. The summed E-state index contributed by atoms with van der Waals surface area (Å²) in [6.45, 7) is 3.30. The van der Waals surface area contributed by atoms with Crippen molar-refractivity contribution in [1.82, 2.24) is 9.97 Å². The summed E-state index contributed by atoms with van der Waals surface area (Å²) in [4.78, 5) is 32.0. The van der Waals surface area contributed by atoms with Crippen LogP contribution in [0, 0.1) is 6.92 Å².